The molecule has 0 heterocycles. The number of benzene rings is 1. The fourth-order valence-corrected chi connectivity index (χ4v) is 1.84. The van der Waals surface area contributed by atoms with Gasteiger partial charge in [-0.05, 0) is 13.3 Å². The minimum Gasteiger partial charge on any atom is -0.382 e. The zero-order valence-electron chi connectivity index (χ0n) is 23.8. The Bertz CT molecular complexity index is 230. The van der Waals surface area contributed by atoms with Crippen LogP contribution >= 0.6 is 0 Å². The third-order valence-electron chi connectivity index (χ3n) is 3.01. The predicted molar refractivity (Wildman–Crippen MR) is 163 cm³/mol. The molecule has 0 atom stereocenters. The Balaban J connectivity index is -0.0000000490. The van der Waals surface area contributed by atoms with Gasteiger partial charge in [0.1, 0.15) is 0 Å². The van der Waals surface area contributed by atoms with Gasteiger partial charge in [0.05, 0.1) is 0 Å². The molecular weight excluding hydrogens is 400 g/mol. The van der Waals surface area contributed by atoms with Crippen molar-refractivity contribution in [3.8, 4) is 0 Å². The highest BCUT2D eigenvalue weighted by Crippen LogP contribution is 2.15. The molecule has 0 radical (unpaired) electrons. The Labute approximate surface area is 215 Å². The molecule has 33 heavy (non-hydrogen) atoms. The Hall–Kier alpha value is -0.820. The quantitative estimate of drug-likeness (QED) is 0.396. The maximum atomic E-state index is 5.07. The first-order valence-electron chi connectivity index (χ1n) is 13.6. The van der Waals surface area contributed by atoms with Crippen molar-refractivity contribution in [1.29, 1.82) is 0 Å². The van der Waals surface area contributed by atoms with E-state index < -0.39 is 0 Å². The van der Waals surface area contributed by atoms with Crippen LogP contribution < -0.4 is 0 Å². The second-order valence-electron chi connectivity index (χ2n) is 7.65. The fraction of sp³-hybridized carbons (Fsp3) is 0.812. The standard InChI is InChI=1S/C6H14O.C6H12.C6H6.4C3H8.2CH4/c1-3-5-6-7-4-2;2*1-2-4-6-5-3-1;4*1-3-2;;/h3-6H2,1-2H3;1-6H2;1-6H;4*3H2,1-2H3;2*1H4. The van der Waals surface area contributed by atoms with E-state index in [1.54, 1.807) is 0 Å². The second-order valence-corrected chi connectivity index (χ2v) is 7.65. The van der Waals surface area contributed by atoms with Crippen molar-refractivity contribution in [1.82, 2.24) is 0 Å². The van der Waals surface area contributed by atoms with Crippen molar-refractivity contribution < 1.29 is 4.74 Å². The SMILES string of the molecule is C.C.C1CCCCC1.CCC.CCC.CCC.CCC.CCCCOCC.c1ccccc1. The summed E-state index contributed by atoms with van der Waals surface area (Å²) < 4.78 is 5.07. The number of rotatable bonds is 4. The van der Waals surface area contributed by atoms with E-state index in [4.69, 9.17) is 4.74 Å². The molecule has 1 aromatic rings. The molecule has 0 spiro atoms. The van der Waals surface area contributed by atoms with E-state index in [0.717, 1.165) is 13.2 Å². The first kappa shape index (κ1) is 49.3. The van der Waals surface area contributed by atoms with Gasteiger partial charge in [0.15, 0.2) is 0 Å². The lowest BCUT2D eigenvalue weighted by Gasteiger charge is -2.05. The number of unbranched alkanes of at least 4 members (excludes halogenated alkanes) is 1. The van der Waals surface area contributed by atoms with Crippen molar-refractivity contribution in [3.63, 3.8) is 0 Å². The summed E-state index contributed by atoms with van der Waals surface area (Å²) in [6.07, 6.45) is 16.4. The van der Waals surface area contributed by atoms with E-state index in [0.29, 0.717) is 0 Å². The summed E-state index contributed by atoms with van der Waals surface area (Å²) in [5.74, 6) is 0. The zero-order chi connectivity index (χ0) is 24.8. The van der Waals surface area contributed by atoms with Gasteiger partial charge in [0.25, 0.3) is 0 Å². The third-order valence-corrected chi connectivity index (χ3v) is 3.01. The van der Waals surface area contributed by atoms with Gasteiger partial charge >= 0.3 is 0 Å². The fourth-order valence-electron chi connectivity index (χ4n) is 1.84. The molecule has 0 amide bonds. The molecule has 1 saturated carbocycles. The van der Waals surface area contributed by atoms with E-state index in [1.807, 2.05) is 43.3 Å². The Morgan fingerprint density at radius 3 is 0.818 bits per heavy atom. The van der Waals surface area contributed by atoms with Gasteiger partial charge in [-0.15, -0.1) is 0 Å². The normalized spacial score (nSPS) is 10.0. The van der Waals surface area contributed by atoms with Crippen molar-refractivity contribution in [2.45, 2.75) is 161 Å². The summed E-state index contributed by atoms with van der Waals surface area (Å²) in [5, 5.41) is 0. The van der Waals surface area contributed by atoms with Crippen LogP contribution in [0.5, 0.6) is 0 Å². The molecule has 0 saturated heterocycles. The maximum absolute atomic E-state index is 5.07. The summed E-state index contributed by atoms with van der Waals surface area (Å²) in [4.78, 5) is 0. The molecule has 2 rings (SSSR count). The van der Waals surface area contributed by atoms with Crippen LogP contribution in [0.1, 0.15) is 161 Å². The van der Waals surface area contributed by atoms with Gasteiger partial charge in [-0.3, -0.25) is 0 Å². The molecule has 1 nitrogen and oxygen atoms in total. The first-order chi connectivity index (χ1) is 15.1. The lowest BCUT2D eigenvalue weighted by atomic mass is 10.0. The molecule has 1 aliphatic rings. The molecule has 0 N–H and O–H groups in total. The molecule has 1 aliphatic carbocycles. The zero-order valence-corrected chi connectivity index (χ0v) is 23.8. The molecule has 1 fully saturated rings. The molecule has 0 bridgehead atoms. The van der Waals surface area contributed by atoms with Crippen LogP contribution in [0.15, 0.2) is 36.4 Å². The van der Waals surface area contributed by atoms with Crippen molar-refractivity contribution >= 4 is 0 Å². The molecule has 1 heteroatoms. The summed E-state index contributed by atoms with van der Waals surface area (Å²) in [6, 6.07) is 12.0. The molecule has 0 aromatic heterocycles. The lowest BCUT2D eigenvalue weighted by Crippen LogP contribution is -1.90. The smallest absolute Gasteiger partial charge is 0.0465 e. The Kier molecular flexibility index (Phi) is 104. The molecule has 0 aliphatic heterocycles. The number of hydrogen-bond donors (Lipinski definition) is 0. The summed E-state index contributed by atoms with van der Waals surface area (Å²) in [6.45, 7) is 23.0. The summed E-state index contributed by atoms with van der Waals surface area (Å²) in [7, 11) is 0. The van der Waals surface area contributed by atoms with Gasteiger partial charge in [-0.1, -0.05) is 184 Å². The predicted octanol–water partition coefficient (Wildman–Crippen LogP) is 12.8. The average molecular weight is 473 g/mol. The van der Waals surface area contributed by atoms with E-state index in [9.17, 15) is 0 Å². The van der Waals surface area contributed by atoms with Crippen LogP contribution in [0, 0.1) is 0 Å². The van der Waals surface area contributed by atoms with Gasteiger partial charge in [-0.25, -0.2) is 0 Å². The average Bonchev–Trinajstić information content (AvgIpc) is 2.80. The third kappa shape index (κ3) is 115. The summed E-state index contributed by atoms with van der Waals surface area (Å²) >= 11 is 0. The lowest BCUT2D eigenvalue weighted by molar-refractivity contribution is 0.144. The minimum atomic E-state index is 0. The van der Waals surface area contributed by atoms with Crippen molar-refractivity contribution in [3.05, 3.63) is 36.4 Å². The number of hydrogen-bond acceptors (Lipinski definition) is 1. The maximum Gasteiger partial charge on any atom is 0.0465 e. The van der Waals surface area contributed by atoms with Crippen LogP contribution in [0.3, 0.4) is 0 Å². The van der Waals surface area contributed by atoms with Crippen LogP contribution in [0.2, 0.25) is 0 Å². The monoisotopic (exact) mass is 473 g/mol. The van der Waals surface area contributed by atoms with Crippen LogP contribution in [0.4, 0.5) is 0 Å². The molecular formula is C32H72O. The minimum absolute atomic E-state index is 0. The first-order valence-corrected chi connectivity index (χ1v) is 13.6. The van der Waals surface area contributed by atoms with Crippen LogP contribution in [-0.2, 0) is 4.74 Å². The molecule has 0 unspecified atom stereocenters. The van der Waals surface area contributed by atoms with Gasteiger partial charge in [0, 0.05) is 13.2 Å². The van der Waals surface area contributed by atoms with Gasteiger partial charge in [0.2, 0.25) is 0 Å². The van der Waals surface area contributed by atoms with E-state index in [-0.39, 0.29) is 14.9 Å². The van der Waals surface area contributed by atoms with E-state index in [1.165, 1.54) is 77.0 Å². The Morgan fingerprint density at radius 1 is 0.455 bits per heavy atom. The van der Waals surface area contributed by atoms with E-state index in [2.05, 4.69) is 62.3 Å². The highest BCUT2D eigenvalue weighted by Gasteiger charge is 1.95. The van der Waals surface area contributed by atoms with E-state index >= 15 is 0 Å². The van der Waals surface area contributed by atoms with Gasteiger partial charge < -0.3 is 4.74 Å². The summed E-state index contributed by atoms with van der Waals surface area (Å²) in [5.41, 5.74) is 0. The van der Waals surface area contributed by atoms with Crippen LogP contribution in [-0.4, -0.2) is 13.2 Å². The van der Waals surface area contributed by atoms with Crippen LogP contribution in [0.25, 0.3) is 0 Å². The van der Waals surface area contributed by atoms with Crippen molar-refractivity contribution in [2.24, 2.45) is 0 Å². The van der Waals surface area contributed by atoms with Gasteiger partial charge in [-0.2, -0.15) is 0 Å². The largest absolute Gasteiger partial charge is 0.382 e. The molecule has 206 valence electrons. The topological polar surface area (TPSA) is 9.23 Å². The second kappa shape index (κ2) is 69.7. The Morgan fingerprint density at radius 2 is 0.667 bits per heavy atom. The van der Waals surface area contributed by atoms with Crippen molar-refractivity contribution in [2.75, 3.05) is 13.2 Å². The highest BCUT2D eigenvalue weighted by molar-refractivity contribution is 4.99. The molecule has 1 aromatic carbocycles. The highest BCUT2D eigenvalue weighted by atomic mass is 16.5. The number of ether oxygens (including phenoxy) is 1.